The molecule has 100 valence electrons. The van der Waals surface area contributed by atoms with Crippen molar-refractivity contribution in [3.63, 3.8) is 0 Å². The van der Waals surface area contributed by atoms with E-state index in [0.29, 0.717) is 0 Å². The summed E-state index contributed by atoms with van der Waals surface area (Å²) in [6, 6.07) is 0.237. The Bertz CT molecular complexity index is 382. The number of nitrogens with zero attached hydrogens (tertiary/aromatic N) is 2. The molecular formula is C12H21N5O. The van der Waals surface area contributed by atoms with E-state index >= 15 is 0 Å². The Morgan fingerprint density at radius 2 is 2.33 bits per heavy atom. The lowest BCUT2D eigenvalue weighted by Crippen LogP contribution is -2.36. The number of carbonyl (C=O) groups excluding carboxylic acids is 1. The van der Waals surface area contributed by atoms with E-state index in [2.05, 4.69) is 32.7 Å². The monoisotopic (exact) mass is 251 g/mol. The first-order chi connectivity index (χ1) is 8.79. The first kappa shape index (κ1) is 13.0. The lowest BCUT2D eigenvalue weighted by Gasteiger charge is -2.14. The first-order valence-electron chi connectivity index (χ1n) is 6.72. The third-order valence-corrected chi connectivity index (χ3v) is 3.13. The normalized spacial score (nSPS) is 20.4. The molecule has 18 heavy (non-hydrogen) atoms. The van der Waals surface area contributed by atoms with Gasteiger partial charge in [0, 0.05) is 12.5 Å². The molecule has 1 saturated heterocycles. The Kier molecular flexibility index (Phi) is 4.69. The molecule has 1 unspecified atom stereocenters. The molecular weight excluding hydrogens is 230 g/mol. The molecule has 1 aromatic heterocycles. The minimum atomic E-state index is -0.166. The van der Waals surface area contributed by atoms with Gasteiger partial charge in [0.05, 0.1) is 0 Å². The maximum absolute atomic E-state index is 12.0. The SMILES string of the molecule is CCCc1nc(C(=O)NC2CCCNCC2)n[nH]1. The third-order valence-electron chi connectivity index (χ3n) is 3.13. The quantitative estimate of drug-likeness (QED) is 0.733. The molecule has 1 aliphatic heterocycles. The number of aromatic amines is 1. The highest BCUT2D eigenvalue weighted by molar-refractivity contribution is 5.90. The number of H-pyrrole nitrogens is 1. The standard InChI is InChI=1S/C12H21N5O/c1-2-4-10-15-11(17-16-10)12(18)14-9-5-3-7-13-8-6-9/h9,13H,2-8H2,1H3,(H,14,18)(H,15,16,17). The molecule has 1 atom stereocenters. The minimum Gasteiger partial charge on any atom is -0.346 e. The van der Waals surface area contributed by atoms with Gasteiger partial charge >= 0.3 is 0 Å². The van der Waals surface area contributed by atoms with Crippen LogP contribution < -0.4 is 10.6 Å². The van der Waals surface area contributed by atoms with E-state index in [-0.39, 0.29) is 17.8 Å². The van der Waals surface area contributed by atoms with Crippen molar-refractivity contribution < 1.29 is 4.79 Å². The van der Waals surface area contributed by atoms with Crippen LogP contribution in [0.1, 0.15) is 49.1 Å². The van der Waals surface area contributed by atoms with Crippen molar-refractivity contribution in [1.82, 2.24) is 25.8 Å². The highest BCUT2D eigenvalue weighted by atomic mass is 16.2. The molecule has 1 fully saturated rings. The van der Waals surface area contributed by atoms with Gasteiger partial charge in [0.15, 0.2) is 0 Å². The van der Waals surface area contributed by atoms with Crippen LogP contribution in [0, 0.1) is 0 Å². The second kappa shape index (κ2) is 6.49. The largest absolute Gasteiger partial charge is 0.346 e. The summed E-state index contributed by atoms with van der Waals surface area (Å²) in [6.45, 7) is 4.06. The Hall–Kier alpha value is -1.43. The number of hydrogen-bond acceptors (Lipinski definition) is 4. The molecule has 2 rings (SSSR count). The smallest absolute Gasteiger partial charge is 0.291 e. The van der Waals surface area contributed by atoms with Gasteiger partial charge in [0.1, 0.15) is 5.82 Å². The Labute approximate surface area is 107 Å². The van der Waals surface area contributed by atoms with Gasteiger partial charge in [-0.3, -0.25) is 9.89 Å². The number of hydrogen-bond donors (Lipinski definition) is 3. The first-order valence-corrected chi connectivity index (χ1v) is 6.72. The van der Waals surface area contributed by atoms with Crippen LogP contribution in [-0.4, -0.2) is 40.2 Å². The second-order valence-electron chi connectivity index (χ2n) is 4.71. The van der Waals surface area contributed by atoms with Gasteiger partial charge in [-0.05, 0) is 38.8 Å². The summed E-state index contributed by atoms with van der Waals surface area (Å²) in [7, 11) is 0. The van der Waals surface area contributed by atoms with Gasteiger partial charge in [-0.1, -0.05) is 6.92 Å². The van der Waals surface area contributed by atoms with Gasteiger partial charge in [-0.2, -0.15) is 0 Å². The van der Waals surface area contributed by atoms with E-state index in [0.717, 1.165) is 51.0 Å². The van der Waals surface area contributed by atoms with Crippen molar-refractivity contribution in [3.8, 4) is 0 Å². The van der Waals surface area contributed by atoms with E-state index in [4.69, 9.17) is 0 Å². The number of amides is 1. The number of aromatic nitrogens is 3. The van der Waals surface area contributed by atoms with Crippen molar-refractivity contribution in [2.24, 2.45) is 0 Å². The number of nitrogens with one attached hydrogen (secondary N) is 3. The maximum Gasteiger partial charge on any atom is 0.291 e. The van der Waals surface area contributed by atoms with Crippen molar-refractivity contribution in [2.75, 3.05) is 13.1 Å². The highest BCUT2D eigenvalue weighted by Gasteiger charge is 2.18. The molecule has 1 aromatic rings. The molecule has 0 spiro atoms. The van der Waals surface area contributed by atoms with E-state index in [9.17, 15) is 4.79 Å². The number of aryl methyl sites for hydroxylation is 1. The molecule has 1 amide bonds. The van der Waals surface area contributed by atoms with Crippen LogP contribution in [0.15, 0.2) is 0 Å². The van der Waals surface area contributed by atoms with Crippen molar-refractivity contribution in [1.29, 1.82) is 0 Å². The zero-order valence-electron chi connectivity index (χ0n) is 10.8. The summed E-state index contributed by atoms with van der Waals surface area (Å²) in [4.78, 5) is 16.2. The van der Waals surface area contributed by atoms with Crippen molar-refractivity contribution >= 4 is 5.91 Å². The predicted octanol–water partition coefficient (Wildman–Crippen LogP) is 0.629. The molecule has 0 bridgehead atoms. The lowest BCUT2D eigenvalue weighted by molar-refractivity contribution is 0.0924. The molecule has 0 aliphatic carbocycles. The average molecular weight is 251 g/mol. The van der Waals surface area contributed by atoms with E-state index in [1.807, 2.05) is 0 Å². The van der Waals surface area contributed by atoms with Crippen LogP contribution >= 0.6 is 0 Å². The van der Waals surface area contributed by atoms with Crippen LogP contribution in [0.2, 0.25) is 0 Å². The summed E-state index contributed by atoms with van der Waals surface area (Å²) in [5.74, 6) is 0.876. The fourth-order valence-corrected chi connectivity index (χ4v) is 2.16. The summed E-state index contributed by atoms with van der Waals surface area (Å²) in [5, 5.41) is 13.1. The number of carbonyl (C=O) groups is 1. The van der Waals surface area contributed by atoms with Crippen LogP contribution in [-0.2, 0) is 6.42 Å². The summed E-state index contributed by atoms with van der Waals surface area (Å²) >= 11 is 0. The van der Waals surface area contributed by atoms with Gasteiger partial charge < -0.3 is 10.6 Å². The average Bonchev–Trinajstić information content (AvgIpc) is 2.67. The minimum absolute atomic E-state index is 0.166. The van der Waals surface area contributed by atoms with Crippen LogP contribution in [0.5, 0.6) is 0 Å². The predicted molar refractivity (Wildman–Crippen MR) is 68.4 cm³/mol. The fraction of sp³-hybridized carbons (Fsp3) is 0.750. The van der Waals surface area contributed by atoms with E-state index in [1.165, 1.54) is 0 Å². The summed E-state index contributed by atoms with van der Waals surface area (Å²) in [6.07, 6.45) is 4.90. The number of rotatable bonds is 4. The molecule has 0 aromatic carbocycles. The molecule has 6 nitrogen and oxygen atoms in total. The zero-order valence-corrected chi connectivity index (χ0v) is 10.8. The maximum atomic E-state index is 12.0. The molecule has 1 aliphatic rings. The van der Waals surface area contributed by atoms with E-state index in [1.54, 1.807) is 0 Å². The van der Waals surface area contributed by atoms with Gasteiger partial charge in [-0.15, -0.1) is 5.10 Å². The second-order valence-corrected chi connectivity index (χ2v) is 4.71. The Morgan fingerprint density at radius 1 is 1.44 bits per heavy atom. The molecule has 0 radical (unpaired) electrons. The zero-order chi connectivity index (χ0) is 12.8. The summed E-state index contributed by atoms with van der Waals surface area (Å²) in [5.41, 5.74) is 0. The van der Waals surface area contributed by atoms with Gasteiger partial charge in [-0.25, -0.2) is 4.98 Å². The lowest BCUT2D eigenvalue weighted by atomic mass is 10.1. The summed E-state index contributed by atoms with van der Waals surface area (Å²) < 4.78 is 0. The molecule has 2 heterocycles. The van der Waals surface area contributed by atoms with Crippen LogP contribution in [0.4, 0.5) is 0 Å². The van der Waals surface area contributed by atoms with Crippen molar-refractivity contribution in [2.45, 2.75) is 45.1 Å². The highest BCUT2D eigenvalue weighted by Crippen LogP contribution is 2.06. The molecule has 6 heteroatoms. The Balaban J connectivity index is 1.89. The van der Waals surface area contributed by atoms with E-state index < -0.39 is 0 Å². The topological polar surface area (TPSA) is 82.7 Å². The molecule has 3 N–H and O–H groups in total. The van der Waals surface area contributed by atoms with Crippen LogP contribution in [0.25, 0.3) is 0 Å². The Morgan fingerprint density at radius 3 is 3.17 bits per heavy atom. The molecule has 0 saturated carbocycles. The fourth-order valence-electron chi connectivity index (χ4n) is 2.16. The van der Waals surface area contributed by atoms with Gasteiger partial charge in [0.2, 0.25) is 5.82 Å². The van der Waals surface area contributed by atoms with Crippen LogP contribution in [0.3, 0.4) is 0 Å². The third kappa shape index (κ3) is 3.53. The van der Waals surface area contributed by atoms with Crippen molar-refractivity contribution in [3.05, 3.63) is 11.6 Å². The van der Waals surface area contributed by atoms with Gasteiger partial charge in [0.25, 0.3) is 5.91 Å².